The Balaban J connectivity index is 1.49. The summed E-state index contributed by atoms with van der Waals surface area (Å²) >= 11 is 0. The molecule has 0 fully saturated rings. The van der Waals surface area contributed by atoms with E-state index in [1.165, 1.54) is 12.1 Å². The molecule has 0 saturated carbocycles. The maximum absolute atomic E-state index is 13.0. The van der Waals surface area contributed by atoms with Gasteiger partial charge in [-0.15, -0.1) is 0 Å². The van der Waals surface area contributed by atoms with E-state index in [0.717, 1.165) is 11.6 Å². The lowest BCUT2D eigenvalue weighted by Gasteiger charge is -2.08. The van der Waals surface area contributed by atoms with Gasteiger partial charge in [-0.1, -0.05) is 6.07 Å². The number of hydrogen-bond donors (Lipinski definition) is 2. The van der Waals surface area contributed by atoms with Crippen LogP contribution in [0.4, 0.5) is 13.6 Å². The van der Waals surface area contributed by atoms with E-state index in [1.807, 2.05) is 6.07 Å². The first kappa shape index (κ1) is 15.1. The van der Waals surface area contributed by atoms with Gasteiger partial charge in [0.1, 0.15) is 11.6 Å². The fraction of sp³-hybridized carbons (Fsp3) is 0.188. The van der Waals surface area contributed by atoms with Crippen molar-refractivity contribution >= 4 is 6.03 Å². The average Bonchev–Trinajstić information content (AvgIpc) is 2.97. The zero-order chi connectivity index (χ0) is 16.2. The van der Waals surface area contributed by atoms with Crippen LogP contribution >= 0.6 is 0 Å². The van der Waals surface area contributed by atoms with Crippen molar-refractivity contribution in [2.45, 2.75) is 13.1 Å². The molecule has 0 unspecified atom stereocenters. The van der Waals surface area contributed by atoms with Crippen LogP contribution in [0.25, 0.3) is 0 Å². The molecule has 5 nitrogen and oxygen atoms in total. The van der Waals surface area contributed by atoms with Gasteiger partial charge in [-0.25, -0.2) is 13.6 Å². The second kappa shape index (κ2) is 6.51. The van der Waals surface area contributed by atoms with Crippen molar-refractivity contribution in [1.82, 2.24) is 10.6 Å². The number of benzene rings is 2. The van der Waals surface area contributed by atoms with Gasteiger partial charge in [0.2, 0.25) is 6.79 Å². The van der Waals surface area contributed by atoms with Crippen LogP contribution in [0.2, 0.25) is 0 Å². The Morgan fingerprint density at radius 2 is 1.57 bits per heavy atom. The van der Waals surface area contributed by atoms with Crippen LogP contribution in [-0.4, -0.2) is 12.8 Å². The summed E-state index contributed by atoms with van der Waals surface area (Å²) in [6.45, 7) is 0.512. The molecule has 2 N–H and O–H groups in total. The minimum atomic E-state index is -0.678. The zero-order valence-electron chi connectivity index (χ0n) is 12.1. The molecule has 7 heteroatoms. The van der Waals surface area contributed by atoms with Gasteiger partial charge in [0.25, 0.3) is 0 Å². The van der Waals surface area contributed by atoms with Crippen LogP contribution < -0.4 is 20.1 Å². The highest BCUT2D eigenvalue weighted by atomic mass is 19.1. The summed E-state index contributed by atoms with van der Waals surface area (Å²) in [6.07, 6.45) is 0. The fourth-order valence-corrected chi connectivity index (χ4v) is 2.19. The zero-order valence-corrected chi connectivity index (χ0v) is 12.1. The summed E-state index contributed by atoms with van der Waals surface area (Å²) in [5.41, 5.74) is 1.20. The highest BCUT2D eigenvalue weighted by Crippen LogP contribution is 2.32. The summed E-state index contributed by atoms with van der Waals surface area (Å²) in [4.78, 5) is 11.7. The molecule has 1 aliphatic rings. The van der Waals surface area contributed by atoms with Gasteiger partial charge in [-0.2, -0.15) is 0 Å². The maximum Gasteiger partial charge on any atom is 0.315 e. The number of nitrogens with one attached hydrogen (secondary N) is 2. The van der Waals surface area contributed by atoms with Crippen LogP contribution in [-0.2, 0) is 13.1 Å². The first-order valence-electron chi connectivity index (χ1n) is 6.95. The van der Waals surface area contributed by atoms with Gasteiger partial charge in [0, 0.05) is 19.2 Å². The molecule has 2 aromatic rings. The monoisotopic (exact) mass is 320 g/mol. The van der Waals surface area contributed by atoms with Gasteiger partial charge in [0.15, 0.2) is 11.5 Å². The Bertz CT molecular complexity index is 717. The molecule has 3 rings (SSSR count). The summed E-state index contributed by atoms with van der Waals surface area (Å²) < 4.78 is 36.5. The van der Waals surface area contributed by atoms with Crippen LogP contribution in [0.3, 0.4) is 0 Å². The van der Waals surface area contributed by atoms with Crippen molar-refractivity contribution in [3.05, 3.63) is 59.2 Å². The van der Waals surface area contributed by atoms with E-state index in [2.05, 4.69) is 10.6 Å². The number of amides is 2. The number of urea groups is 1. The predicted octanol–water partition coefficient (Wildman–Crippen LogP) is 2.69. The van der Waals surface area contributed by atoms with E-state index in [1.54, 1.807) is 12.1 Å². The first-order chi connectivity index (χ1) is 11.1. The van der Waals surface area contributed by atoms with Crippen molar-refractivity contribution in [2.75, 3.05) is 6.79 Å². The molecular weight excluding hydrogens is 306 g/mol. The molecule has 2 aromatic carbocycles. The lowest BCUT2D eigenvalue weighted by molar-refractivity contribution is 0.174. The van der Waals surface area contributed by atoms with E-state index in [0.29, 0.717) is 23.6 Å². The van der Waals surface area contributed by atoms with Gasteiger partial charge in [-0.3, -0.25) is 0 Å². The third kappa shape index (κ3) is 3.88. The van der Waals surface area contributed by atoms with Crippen LogP contribution in [0.1, 0.15) is 11.1 Å². The largest absolute Gasteiger partial charge is 0.454 e. The Labute approximate surface area is 131 Å². The summed E-state index contributed by atoms with van der Waals surface area (Å²) in [6, 6.07) is 8.05. The van der Waals surface area contributed by atoms with Crippen LogP contribution in [0.5, 0.6) is 11.5 Å². The Kier molecular flexibility index (Phi) is 4.27. The topological polar surface area (TPSA) is 59.6 Å². The fourth-order valence-electron chi connectivity index (χ4n) is 2.19. The summed E-state index contributed by atoms with van der Waals surface area (Å²) in [5, 5.41) is 5.19. The lowest BCUT2D eigenvalue weighted by atomic mass is 10.2. The minimum Gasteiger partial charge on any atom is -0.454 e. The molecule has 1 heterocycles. The minimum absolute atomic E-state index is 0.0294. The van der Waals surface area contributed by atoms with Gasteiger partial charge in [-0.05, 0) is 35.4 Å². The summed E-state index contributed by atoms with van der Waals surface area (Å²) in [5.74, 6) is -0.0450. The summed E-state index contributed by atoms with van der Waals surface area (Å²) in [7, 11) is 0. The molecule has 0 spiro atoms. The van der Waals surface area contributed by atoms with Crippen LogP contribution in [0, 0.1) is 11.6 Å². The highest BCUT2D eigenvalue weighted by Gasteiger charge is 2.13. The highest BCUT2D eigenvalue weighted by molar-refractivity contribution is 5.73. The Morgan fingerprint density at radius 3 is 2.30 bits per heavy atom. The second-order valence-corrected chi connectivity index (χ2v) is 5.00. The van der Waals surface area contributed by atoms with Crippen molar-refractivity contribution in [3.8, 4) is 11.5 Å². The molecule has 1 aliphatic heterocycles. The molecule has 0 radical (unpaired) electrons. The van der Waals surface area contributed by atoms with Crippen LogP contribution in [0.15, 0.2) is 36.4 Å². The van der Waals surface area contributed by atoms with E-state index in [9.17, 15) is 13.6 Å². The van der Waals surface area contributed by atoms with Crippen molar-refractivity contribution < 1.29 is 23.0 Å². The molecule has 120 valence electrons. The molecule has 0 saturated heterocycles. The third-order valence-corrected chi connectivity index (χ3v) is 3.27. The van der Waals surface area contributed by atoms with Gasteiger partial charge >= 0.3 is 6.03 Å². The van der Waals surface area contributed by atoms with Crippen molar-refractivity contribution in [1.29, 1.82) is 0 Å². The Hall–Kier alpha value is -2.83. The number of rotatable bonds is 4. The third-order valence-electron chi connectivity index (χ3n) is 3.27. The Morgan fingerprint density at radius 1 is 0.913 bits per heavy atom. The standard InChI is InChI=1S/C16H14F2N2O3/c17-12-3-11(4-13(18)6-12)8-20-16(21)19-7-10-1-2-14-15(5-10)23-9-22-14/h1-6H,7-9H2,(H2,19,20,21). The smallest absolute Gasteiger partial charge is 0.315 e. The normalized spacial score (nSPS) is 12.1. The quantitative estimate of drug-likeness (QED) is 0.910. The molecule has 0 aliphatic carbocycles. The number of halogens is 2. The molecule has 0 aromatic heterocycles. The van der Waals surface area contributed by atoms with Gasteiger partial charge < -0.3 is 20.1 Å². The van der Waals surface area contributed by atoms with E-state index in [4.69, 9.17) is 9.47 Å². The average molecular weight is 320 g/mol. The lowest BCUT2D eigenvalue weighted by Crippen LogP contribution is -2.34. The number of hydrogen-bond acceptors (Lipinski definition) is 3. The number of carbonyl (C=O) groups excluding carboxylic acids is 1. The molecule has 2 amide bonds. The van der Waals surface area contributed by atoms with Crippen molar-refractivity contribution in [2.24, 2.45) is 0 Å². The number of carbonyl (C=O) groups is 1. The van der Waals surface area contributed by atoms with Gasteiger partial charge in [0.05, 0.1) is 0 Å². The second-order valence-electron chi connectivity index (χ2n) is 5.00. The van der Waals surface area contributed by atoms with Crippen molar-refractivity contribution in [3.63, 3.8) is 0 Å². The van der Waals surface area contributed by atoms with E-state index < -0.39 is 17.7 Å². The molecule has 0 bridgehead atoms. The van der Waals surface area contributed by atoms with E-state index >= 15 is 0 Å². The van der Waals surface area contributed by atoms with E-state index in [-0.39, 0.29) is 13.3 Å². The predicted molar refractivity (Wildman–Crippen MR) is 78.0 cm³/mol. The maximum atomic E-state index is 13.0. The molecule has 0 atom stereocenters. The SMILES string of the molecule is O=C(NCc1cc(F)cc(F)c1)NCc1ccc2c(c1)OCO2. The molecular formula is C16H14F2N2O3. The number of ether oxygens (including phenoxy) is 2. The number of fused-ring (bicyclic) bond motifs is 1. The molecule has 23 heavy (non-hydrogen) atoms. The first-order valence-corrected chi connectivity index (χ1v) is 6.95.